The summed E-state index contributed by atoms with van der Waals surface area (Å²) in [6.45, 7) is 0. The molecule has 0 radical (unpaired) electrons. The Hall–Kier alpha value is -6.04. The van der Waals surface area contributed by atoms with E-state index in [4.69, 9.17) is 14.4 Å². The molecule has 0 bridgehead atoms. The van der Waals surface area contributed by atoms with Gasteiger partial charge in [-0.15, -0.1) is 11.3 Å². The number of rotatable bonds is 4. The molecule has 4 nitrogen and oxygen atoms in total. The second-order valence-electron chi connectivity index (χ2n) is 12.2. The van der Waals surface area contributed by atoms with Gasteiger partial charge in [-0.2, -0.15) is 0 Å². The summed E-state index contributed by atoms with van der Waals surface area (Å²) in [4.78, 5) is 10.4. The van der Waals surface area contributed by atoms with Crippen LogP contribution in [-0.4, -0.2) is 11.7 Å². The summed E-state index contributed by atoms with van der Waals surface area (Å²) in [7, 11) is 0. The molecule has 10 rings (SSSR count). The summed E-state index contributed by atoms with van der Waals surface area (Å²) in [6.07, 6.45) is -0.304. The SMILES string of the molecule is c1ccc2cc(C3=NC(c4ccc(-c5cccc6oc7ccccc7c56)cc4)=NC(c4cccc5c4sc4ccccc45)N3)ccc2c1. The lowest BCUT2D eigenvalue weighted by Gasteiger charge is -2.24. The number of nitrogens with zero attached hydrogens (tertiary/aromatic N) is 2. The van der Waals surface area contributed by atoms with Crippen LogP contribution in [0.15, 0.2) is 166 Å². The average Bonchev–Trinajstić information content (AvgIpc) is 3.73. The van der Waals surface area contributed by atoms with E-state index in [1.807, 2.05) is 29.5 Å². The summed E-state index contributed by atoms with van der Waals surface area (Å²) in [5.41, 5.74) is 7.21. The maximum absolute atomic E-state index is 6.17. The number of thiophene rings is 1. The summed E-state index contributed by atoms with van der Waals surface area (Å²) >= 11 is 1.82. The van der Waals surface area contributed by atoms with Gasteiger partial charge >= 0.3 is 0 Å². The smallest absolute Gasteiger partial charge is 0.159 e. The highest BCUT2D eigenvalue weighted by molar-refractivity contribution is 7.26. The molecule has 1 unspecified atom stereocenters. The highest BCUT2D eigenvalue weighted by atomic mass is 32.1. The van der Waals surface area contributed by atoms with E-state index >= 15 is 0 Å². The first-order valence-corrected chi connectivity index (χ1v) is 16.9. The maximum atomic E-state index is 6.17. The molecule has 7 aromatic carbocycles. The molecular weight excluding hydrogens is 607 g/mol. The largest absolute Gasteiger partial charge is 0.456 e. The van der Waals surface area contributed by atoms with Crippen molar-refractivity contribution < 1.29 is 4.42 Å². The van der Waals surface area contributed by atoms with Crippen molar-refractivity contribution in [3.63, 3.8) is 0 Å². The van der Waals surface area contributed by atoms with E-state index in [-0.39, 0.29) is 6.17 Å². The van der Waals surface area contributed by atoms with Gasteiger partial charge < -0.3 is 9.73 Å². The molecule has 0 aliphatic carbocycles. The van der Waals surface area contributed by atoms with Crippen LogP contribution in [0, 0.1) is 0 Å². The van der Waals surface area contributed by atoms with Gasteiger partial charge in [0.1, 0.15) is 23.2 Å². The minimum Gasteiger partial charge on any atom is -0.456 e. The van der Waals surface area contributed by atoms with Crippen LogP contribution in [0.1, 0.15) is 22.9 Å². The molecule has 0 spiro atoms. The first kappa shape index (κ1) is 27.1. The van der Waals surface area contributed by atoms with Gasteiger partial charge in [0.15, 0.2) is 5.84 Å². The zero-order valence-corrected chi connectivity index (χ0v) is 26.5. The molecule has 1 N–H and O–H groups in total. The quantitative estimate of drug-likeness (QED) is 0.210. The van der Waals surface area contributed by atoms with E-state index in [1.54, 1.807) is 0 Å². The molecule has 226 valence electrons. The Morgan fingerprint density at radius 2 is 1.27 bits per heavy atom. The van der Waals surface area contributed by atoms with Crippen molar-refractivity contribution in [2.45, 2.75) is 6.17 Å². The third-order valence-electron chi connectivity index (χ3n) is 9.35. The van der Waals surface area contributed by atoms with Gasteiger partial charge in [0.2, 0.25) is 0 Å². The van der Waals surface area contributed by atoms with E-state index < -0.39 is 0 Å². The number of amidine groups is 2. The third-order valence-corrected chi connectivity index (χ3v) is 10.6. The van der Waals surface area contributed by atoms with Crippen LogP contribution >= 0.6 is 11.3 Å². The first-order valence-electron chi connectivity index (χ1n) is 16.1. The van der Waals surface area contributed by atoms with Gasteiger partial charge in [0.25, 0.3) is 0 Å². The molecule has 1 atom stereocenters. The van der Waals surface area contributed by atoms with Gasteiger partial charge in [0.05, 0.1) is 0 Å². The molecule has 0 amide bonds. The van der Waals surface area contributed by atoms with Crippen LogP contribution in [0.5, 0.6) is 0 Å². The molecule has 0 saturated heterocycles. The predicted octanol–water partition coefficient (Wildman–Crippen LogP) is 11.3. The molecule has 0 saturated carbocycles. The Morgan fingerprint density at radius 1 is 0.562 bits per heavy atom. The van der Waals surface area contributed by atoms with E-state index in [1.165, 1.54) is 30.9 Å². The minimum atomic E-state index is -0.304. The number of hydrogen-bond acceptors (Lipinski definition) is 5. The monoisotopic (exact) mass is 633 g/mol. The molecule has 48 heavy (non-hydrogen) atoms. The lowest BCUT2D eigenvalue weighted by Crippen LogP contribution is -2.33. The molecule has 2 aromatic heterocycles. The predicted molar refractivity (Wildman–Crippen MR) is 201 cm³/mol. The normalized spacial score (nSPS) is 14.9. The number of nitrogens with one attached hydrogen (secondary N) is 1. The molecule has 3 heterocycles. The van der Waals surface area contributed by atoms with Gasteiger partial charge in [-0.3, -0.25) is 0 Å². The fourth-order valence-corrected chi connectivity index (χ4v) is 8.26. The summed E-state index contributed by atoms with van der Waals surface area (Å²) < 4.78 is 8.70. The number of furan rings is 1. The van der Waals surface area contributed by atoms with Gasteiger partial charge in [-0.25, -0.2) is 9.98 Å². The standard InChI is InChI=1S/C43H27N3OS/c1-2-10-29-25-30(24-19-26(29)9-1)42-44-41(45-43(46-42)35-15-7-14-33-32-11-4-6-18-38(32)48-40(33)35)28-22-20-27(21-23-28)31-13-8-17-37-39(31)34-12-3-5-16-36(34)47-37/h1-25,43H,(H,44,45,46). The highest BCUT2D eigenvalue weighted by Gasteiger charge is 2.24. The second kappa shape index (κ2) is 10.8. The van der Waals surface area contributed by atoms with Crippen molar-refractivity contribution >= 4 is 75.9 Å². The summed E-state index contributed by atoms with van der Waals surface area (Å²) in [6, 6.07) is 53.2. The van der Waals surface area contributed by atoms with Crippen molar-refractivity contribution in [2.75, 3.05) is 0 Å². The Labute approximate surface area is 280 Å². The number of fused-ring (bicyclic) bond motifs is 7. The molecule has 1 aliphatic rings. The highest BCUT2D eigenvalue weighted by Crippen LogP contribution is 2.40. The summed E-state index contributed by atoms with van der Waals surface area (Å²) in [5.74, 6) is 1.52. The Balaban J connectivity index is 1.11. The Bertz CT molecular complexity index is 2770. The van der Waals surface area contributed by atoms with Crippen LogP contribution in [0.25, 0.3) is 64.0 Å². The maximum Gasteiger partial charge on any atom is 0.159 e. The van der Waals surface area contributed by atoms with Crippen LogP contribution in [0.4, 0.5) is 0 Å². The first-order chi connectivity index (χ1) is 23.8. The average molecular weight is 634 g/mol. The number of para-hydroxylation sites is 1. The van der Waals surface area contributed by atoms with Gasteiger partial charge in [-0.1, -0.05) is 127 Å². The fourth-order valence-electron chi connectivity index (χ4n) is 7.02. The zero-order valence-electron chi connectivity index (χ0n) is 25.7. The number of aliphatic imine (C=N–C) groups is 2. The van der Waals surface area contributed by atoms with Crippen LogP contribution < -0.4 is 5.32 Å². The van der Waals surface area contributed by atoms with E-state index in [0.29, 0.717) is 5.84 Å². The van der Waals surface area contributed by atoms with E-state index in [0.717, 1.165) is 55.6 Å². The summed E-state index contributed by atoms with van der Waals surface area (Å²) in [5, 5.41) is 10.9. The lowest BCUT2D eigenvalue weighted by molar-refractivity contribution is 0.669. The molecule has 1 aliphatic heterocycles. The van der Waals surface area contributed by atoms with Crippen molar-refractivity contribution in [1.29, 1.82) is 0 Å². The molecule has 9 aromatic rings. The molecular formula is C43H27N3OS. The fraction of sp³-hybridized carbons (Fsp3) is 0.0233. The number of hydrogen-bond donors (Lipinski definition) is 1. The zero-order chi connectivity index (χ0) is 31.6. The van der Waals surface area contributed by atoms with Crippen molar-refractivity contribution in [3.05, 3.63) is 168 Å². The van der Waals surface area contributed by atoms with Crippen molar-refractivity contribution in [2.24, 2.45) is 9.98 Å². The van der Waals surface area contributed by atoms with Crippen molar-refractivity contribution in [1.82, 2.24) is 5.32 Å². The third kappa shape index (κ3) is 4.36. The van der Waals surface area contributed by atoms with Gasteiger partial charge in [-0.05, 0) is 46.2 Å². The van der Waals surface area contributed by atoms with Gasteiger partial charge in [0, 0.05) is 47.6 Å². The minimum absolute atomic E-state index is 0.304. The van der Waals surface area contributed by atoms with E-state index in [2.05, 4.69) is 139 Å². The van der Waals surface area contributed by atoms with E-state index in [9.17, 15) is 0 Å². The Kier molecular flexibility index (Phi) is 6.08. The van der Waals surface area contributed by atoms with Crippen LogP contribution in [-0.2, 0) is 0 Å². The topological polar surface area (TPSA) is 49.9 Å². The Morgan fingerprint density at radius 3 is 2.19 bits per heavy atom. The molecule has 0 fully saturated rings. The van der Waals surface area contributed by atoms with Crippen LogP contribution in [0.3, 0.4) is 0 Å². The van der Waals surface area contributed by atoms with Crippen LogP contribution in [0.2, 0.25) is 0 Å². The second-order valence-corrected chi connectivity index (χ2v) is 13.3. The lowest BCUT2D eigenvalue weighted by atomic mass is 9.98. The molecule has 5 heteroatoms. The number of benzene rings is 7. The van der Waals surface area contributed by atoms with Crippen molar-refractivity contribution in [3.8, 4) is 11.1 Å².